The van der Waals surface area contributed by atoms with Gasteiger partial charge in [-0.3, -0.25) is 9.59 Å². The topological polar surface area (TPSA) is 49.4 Å². The number of hydrogen-bond acceptors (Lipinski definition) is 2. The lowest BCUT2D eigenvalue weighted by atomic mass is 10.1. The molecule has 5 heteroatoms. The highest BCUT2D eigenvalue weighted by atomic mass is 35.5. The van der Waals surface area contributed by atoms with Crippen molar-refractivity contribution in [3.63, 3.8) is 0 Å². The molecule has 0 radical (unpaired) electrons. The number of carbonyl (C=O) groups excluding carboxylic acids is 2. The van der Waals surface area contributed by atoms with Gasteiger partial charge < -0.3 is 10.2 Å². The molecule has 0 unspecified atom stereocenters. The third-order valence-electron chi connectivity index (χ3n) is 3.67. The van der Waals surface area contributed by atoms with Crippen molar-refractivity contribution in [3.8, 4) is 0 Å². The number of benzene rings is 2. The van der Waals surface area contributed by atoms with Crippen LogP contribution >= 0.6 is 11.6 Å². The van der Waals surface area contributed by atoms with E-state index in [4.69, 9.17) is 11.6 Å². The number of hydrogen-bond donors (Lipinski definition) is 1. The van der Waals surface area contributed by atoms with Crippen LogP contribution in [-0.2, 0) is 16.0 Å². The lowest BCUT2D eigenvalue weighted by Gasteiger charge is -2.21. The predicted octanol–water partition coefficient (Wildman–Crippen LogP) is 3.76. The van der Waals surface area contributed by atoms with Crippen molar-refractivity contribution in [3.05, 3.63) is 65.2 Å². The van der Waals surface area contributed by atoms with Crippen LogP contribution in [0.1, 0.15) is 18.9 Å². The minimum Gasteiger partial charge on any atom is -0.342 e. The summed E-state index contributed by atoms with van der Waals surface area (Å²) in [6.45, 7) is 2.48. The summed E-state index contributed by atoms with van der Waals surface area (Å²) in [4.78, 5) is 25.4. The molecule has 4 nitrogen and oxygen atoms in total. The van der Waals surface area contributed by atoms with Gasteiger partial charge in [0.05, 0.1) is 0 Å². The highest BCUT2D eigenvalue weighted by Crippen LogP contribution is 2.12. The maximum absolute atomic E-state index is 12.0. The van der Waals surface area contributed by atoms with E-state index in [-0.39, 0.29) is 18.2 Å². The lowest BCUT2D eigenvalue weighted by Crippen LogP contribution is -2.33. The van der Waals surface area contributed by atoms with E-state index < -0.39 is 0 Å². The van der Waals surface area contributed by atoms with Crippen LogP contribution in [0.15, 0.2) is 54.6 Å². The van der Waals surface area contributed by atoms with Crippen LogP contribution in [-0.4, -0.2) is 29.8 Å². The van der Waals surface area contributed by atoms with Gasteiger partial charge in [0.15, 0.2) is 0 Å². The molecule has 0 aliphatic rings. The Labute approximate surface area is 147 Å². The van der Waals surface area contributed by atoms with Gasteiger partial charge in [0.1, 0.15) is 0 Å². The summed E-state index contributed by atoms with van der Waals surface area (Å²) < 4.78 is 0. The van der Waals surface area contributed by atoms with Crippen molar-refractivity contribution in [1.82, 2.24) is 4.90 Å². The third-order valence-corrected chi connectivity index (χ3v) is 3.91. The Hall–Kier alpha value is -2.33. The summed E-state index contributed by atoms with van der Waals surface area (Å²) in [6, 6.07) is 16.9. The predicted molar refractivity (Wildman–Crippen MR) is 97.1 cm³/mol. The molecule has 0 spiro atoms. The molecule has 1 N–H and O–H groups in total. The van der Waals surface area contributed by atoms with Crippen LogP contribution in [0.3, 0.4) is 0 Å². The summed E-state index contributed by atoms with van der Waals surface area (Å²) >= 11 is 5.97. The van der Waals surface area contributed by atoms with Crippen LogP contribution < -0.4 is 5.32 Å². The molecule has 2 rings (SSSR count). The summed E-state index contributed by atoms with van der Waals surface area (Å²) in [5.41, 5.74) is 1.83. The van der Waals surface area contributed by atoms with E-state index in [1.54, 1.807) is 4.90 Å². The lowest BCUT2D eigenvalue weighted by molar-refractivity contribution is -0.129. The van der Waals surface area contributed by atoms with Crippen molar-refractivity contribution >= 4 is 29.1 Å². The molecule has 126 valence electrons. The zero-order chi connectivity index (χ0) is 17.4. The van der Waals surface area contributed by atoms with E-state index in [1.165, 1.54) is 6.92 Å². The van der Waals surface area contributed by atoms with Crippen molar-refractivity contribution < 1.29 is 9.59 Å². The number of nitrogens with one attached hydrogen (secondary N) is 1. The molecule has 0 saturated carbocycles. The standard InChI is InChI=1S/C19H21ClN2O2/c1-15(23)22(12-10-16-6-5-7-17(20)14-16)13-11-19(24)21-18-8-3-2-4-9-18/h2-9,14H,10-13H2,1H3,(H,21,24). The molecule has 0 saturated heterocycles. The van der Waals surface area contributed by atoms with Gasteiger partial charge >= 0.3 is 0 Å². The quantitative estimate of drug-likeness (QED) is 0.831. The minimum absolute atomic E-state index is 0.0375. The summed E-state index contributed by atoms with van der Waals surface area (Å²) in [5.74, 6) is -0.139. The molecule has 24 heavy (non-hydrogen) atoms. The fourth-order valence-electron chi connectivity index (χ4n) is 2.36. The van der Waals surface area contributed by atoms with Crippen LogP contribution in [0.2, 0.25) is 5.02 Å². The molecule has 0 aliphatic carbocycles. The summed E-state index contributed by atoms with van der Waals surface area (Å²) in [5, 5.41) is 3.51. The smallest absolute Gasteiger partial charge is 0.226 e. The first-order valence-electron chi connectivity index (χ1n) is 7.89. The van der Waals surface area contributed by atoms with Gasteiger partial charge in [0.2, 0.25) is 11.8 Å². The molecule has 0 heterocycles. The zero-order valence-corrected chi connectivity index (χ0v) is 14.4. The van der Waals surface area contributed by atoms with Gasteiger partial charge in [0, 0.05) is 37.1 Å². The molecule has 0 bridgehead atoms. The molecular weight excluding hydrogens is 324 g/mol. The third kappa shape index (κ3) is 6.05. The highest BCUT2D eigenvalue weighted by Gasteiger charge is 2.11. The Morgan fingerprint density at radius 1 is 1.04 bits per heavy atom. The van der Waals surface area contributed by atoms with Crippen LogP contribution in [0.4, 0.5) is 5.69 Å². The average Bonchev–Trinajstić information content (AvgIpc) is 2.55. The Morgan fingerprint density at radius 2 is 1.79 bits per heavy atom. The fourth-order valence-corrected chi connectivity index (χ4v) is 2.58. The molecule has 0 atom stereocenters. The number of para-hydroxylation sites is 1. The highest BCUT2D eigenvalue weighted by molar-refractivity contribution is 6.30. The Kier molecular flexibility index (Phi) is 6.82. The summed E-state index contributed by atoms with van der Waals surface area (Å²) in [7, 11) is 0. The molecule has 0 aliphatic heterocycles. The molecule has 0 aromatic heterocycles. The van der Waals surface area contributed by atoms with Crippen LogP contribution in [0, 0.1) is 0 Å². The second kappa shape index (κ2) is 9.08. The monoisotopic (exact) mass is 344 g/mol. The number of amides is 2. The minimum atomic E-state index is -0.102. The second-order valence-corrected chi connectivity index (χ2v) is 5.99. The van der Waals surface area contributed by atoms with E-state index in [1.807, 2.05) is 54.6 Å². The van der Waals surface area contributed by atoms with Crippen LogP contribution in [0.25, 0.3) is 0 Å². The molecule has 2 aromatic carbocycles. The van der Waals surface area contributed by atoms with Gasteiger partial charge in [-0.25, -0.2) is 0 Å². The maximum atomic E-state index is 12.0. The Morgan fingerprint density at radius 3 is 2.46 bits per heavy atom. The first-order valence-corrected chi connectivity index (χ1v) is 8.27. The Bertz CT molecular complexity index is 689. The van der Waals surface area contributed by atoms with Gasteiger partial charge in [0.25, 0.3) is 0 Å². The van der Waals surface area contributed by atoms with Gasteiger partial charge in [-0.1, -0.05) is 41.9 Å². The number of carbonyl (C=O) groups is 2. The van der Waals surface area contributed by atoms with E-state index in [0.29, 0.717) is 24.5 Å². The van der Waals surface area contributed by atoms with Crippen LogP contribution in [0.5, 0.6) is 0 Å². The van der Waals surface area contributed by atoms with Crippen molar-refractivity contribution in [1.29, 1.82) is 0 Å². The fraction of sp³-hybridized carbons (Fsp3) is 0.263. The van der Waals surface area contributed by atoms with Crippen molar-refractivity contribution in [2.24, 2.45) is 0 Å². The van der Waals surface area contributed by atoms with E-state index >= 15 is 0 Å². The molecule has 2 amide bonds. The zero-order valence-electron chi connectivity index (χ0n) is 13.7. The molecule has 2 aromatic rings. The van der Waals surface area contributed by atoms with E-state index in [0.717, 1.165) is 11.3 Å². The maximum Gasteiger partial charge on any atom is 0.226 e. The molecular formula is C19H21ClN2O2. The van der Waals surface area contributed by atoms with Gasteiger partial charge in [-0.2, -0.15) is 0 Å². The first-order chi connectivity index (χ1) is 11.5. The van der Waals surface area contributed by atoms with Crippen molar-refractivity contribution in [2.45, 2.75) is 19.8 Å². The number of nitrogens with zero attached hydrogens (tertiary/aromatic N) is 1. The second-order valence-electron chi connectivity index (χ2n) is 5.55. The van der Waals surface area contributed by atoms with Gasteiger partial charge in [-0.15, -0.1) is 0 Å². The number of anilines is 1. The summed E-state index contributed by atoms with van der Waals surface area (Å²) in [6.07, 6.45) is 0.977. The SMILES string of the molecule is CC(=O)N(CCC(=O)Nc1ccccc1)CCc1cccc(Cl)c1. The van der Waals surface area contributed by atoms with E-state index in [2.05, 4.69) is 5.32 Å². The number of rotatable bonds is 7. The van der Waals surface area contributed by atoms with Gasteiger partial charge in [-0.05, 0) is 36.2 Å². The normalized spacial score (nSPS) is 10.2. The largest absolute Gasteiger partial charge is 0.342 e. The molecule has 0 fully saturated rings. The Balaban J connectivity index is 1.82. The average molecular weight is 345 g/mol. The van der Waals surface area contributed by atoms with Crippen molar-refractivity contribution in [2.75, 3.05) is 18.4 Å². The van der Waals surface area contributed by atoms with E-state index in [9.17, 15) is 9.59 Å². The first kappa shape index (κ1) is 18.0. The number of halogens is 1.